The van der Waals surface area contributed by atoms with Gasteiger partial charge in [0.15, 0.2) is 6.29 Å². The van der Waals surface area contributed by atoms with Crippen LogP contribution in [0, 0.1) is 0 Å². The number of hydrogen-bond acceptors (Lipinski definition) is 11. The summed E-state index contributed by atoms with van der Waals surface area (Å²) in [7, 11) is -5.06. The Bertz CT molecular complexity index is 1140. The van der Waals surface area contributed by atoms with E-state index < -0.39 is 59.8 Å². The van der Waals surface area contributed by atoms with Gasteiger partial charge in [0.1, 0.15) is 30.5 Å². The van der Waals surface area contributed by atoms with Crippen molar-refractivity contribution in [3.05, 3.63) is 12.2 Å². The number of allylic oxidation sites excluding steroid dienone is 2. The van der Waals surface area contributed by atoms with Crippen LogP contribution in [0.3, 0.4) is 0 Å². The molecule has 0 radical (unpaired) electrons. The molecule has 0 saturated carbocycles. The van der Waals surface area contributed by atoms with Crippen molar-refractivity contribution in [3.63, 3.8) is 0 Å². The molecule has 1 fully saturated rings. The van der Waals surface area contributed by atoms with E-state index in [1.807, 2.05) is 0 Å². The standard InChI is InChI=1S/C49H94O12S/c1-3-5-7-9-11-13-15-17-18-19-20-21-22-23-24-25-26-28-30-32-34-36-38-45(51)59-43(41-57-39-37-35-33-31-29-27-16-14-12-10-8-6-4-2)42-58-49-47(53)48(61-62(54,55)56)46(52)44(40-50)60-49/h12,14,43-44,46-50,52-53H,3-11,13,15-42H2,1-2H3,(H,54,55,56)/b14-12-. The zero-order chi connectivity index (χ0) is 45.4. The molecule has 4 N–H and O–H groups in total. The minimum absolute atomic E-state index is 0.0372. The van der Waals surface area contributed by atoms with Gasteiger partial charge in [0, 0.05) is 13.0 Å². The van der Waals surface area contributed by atoms with E-state index in [0.29, 0.717) is 13.0 Å². The number of hydrogen-bond donors (Lipinski definition) is 4. The monoisotopic (exact) mass is 907 g/mol. The Morgan fingerprint density at radius 3 is 1.48 bits per heavy atom. The van der Waals surface area contributed by atoms with Crippen LogP contribution >= 0.6 is 0 Å². The van der Waals surface area contributed by atoms with Gasteiger partial charge in [0.05, 0.1) is 19.8 Å². The van der Waals surface area contributed by atoms with Crippen molar-refractivity contribution in [2.75, 3.05) is 26.4 Å². The number of ether oxygens (including phenoxy) is 4. The summed E-state index contributed by atoms with van der Waals surface area (Å²) in [5.74, 6) is -0.396. The van der Waals surface area contributed by atoms with Crippen LogP contribution in [-0.4, -0.2) is 97.5 Å². The summed E-state index contributed by atoms with van der Waals surface area (Å²) >= 11 is 0. The Labute approximate surface area is 379 Å². The minimum Gasteiger partial charge on any atom is -0.457 e. The Kier molecular flexibility index (Phi) is 39.2. The van der Waals surface area contributed by atoms with Gasteiger partial charge in [-0.2, -0.15) is 8.42 Å². The number of aliphatic hydroxyl groups is 3. The number of carbonyl (C=O) groups is 1. The highest BCUT2D eigenvalue weighted by molar-refractivity contribution is 7.80. The second kappa shape index (κ2) is 41.3. The van der Waals surface area contributed by atoms with Gasteiger partial charge in [-0.25, -0.2) is 4.18 Å². The highest BCUT2D eigenvalue weighted by atomic mass is 32.3. The van der Waals surface area contributed by atoms with Gasteiger partial charge in [-0.15, -0.1) is 0 Å². The van der Waals surface area contributed by atoms with E-state index in [9.17, 15) is 33.1 Å². The molecule has 1 aliphatic rings. The quantitative estimate of drug-likeness (QED) is 0.0197. The summed E-state index contributed by atoms with van der Waals surface area (Å²) in [6.45, 7) is 4.00. The number of esters is 1. The third-order valence-electron chi connectivity index (χ3n) is 11.9. The molecule has 0 aromatic rings. The molecule has 6 unspecified atom stereocenters. The zero-order valence-electron chi connectivity index (χ0n) is 39.5. The maximum atomic E-state index is 12.9. The molecule has 0 amide bonds. The van der Waals surface area contributed by atoms with Crippen LogP contribution in [0.15, 0.2) is 12.2 Å². The zero-order valence-corrected chi connectivity index (χ0v) is 40.3. The summed E-state index contributed by atoms with van der Waals surface area (Å²) in [6.07, 6.45) is 36.8. The molecule has 1 aliphatic heterocycles. The molecule has 0 bridgehead atoms. The molecule has 13 heteroatoms. The number of unbranched alkanes of at least 4 members (excludes halogenated alkanes) is 30. The maximum absolute atomic E-state index is 12.9. The first-order chi connectivity index (χ1) is 30.1. The minimum atomic E-state index is -5.06. The number of aliphatic hydroxyl groups excluding tert-OH is 3. The fraction of sp³-hybridized carbons (Fsp3) is 0.939. The van der Waals surface area contributed by atoms with Gasteiger partial charge < -0.3 is 34.3 Å². The summed E-state index contributed by atoms with van der Waals surface area (Å²) in [6, 6.07) is 0. The molecule has 6 atom stereocenters. The lowest BCUT2D eigenvalue weighted by Gasteiger charge is -2.41. The first-order valence-corrected chi connectivity index (χ1v) is 26.8. The normalized spacial score (nSPS) is 20.0. The van der Waals surface area contributed by atoms with Crippen LogP contribution in [0.25, 0.3) is 0 Å². The van der Waals surface area contributed by atoms with Crippen LogP contribution < -0.4 is 0 Å². The average Bonchev–Trinajstić information content (AvgIpc) is 3.24. The van der Waals surface area contributed by atoms with Crippen molar-refractivity contribution in [3.8, 4) is 0 Å². The average molecular weight is 907 g/mol. The van der Waals surface area contributed by atoms with Crippen molar-refractivity contribution in [2.45, 2.75) is 269 Å². The van der Waals surface area contributed by atoms with Gasteiger partial charge in [0.25, 0.3) is 0 Å². The van der Waals surface area contributed by atoms with Gasteiger partial charge >= 0.3 is 16.4 Å². The Morgan fingerprint density at radius 2 is 1.02 bits per heavy atom. The van der Waals surface area contributed by atoms with Crippen molar-refractivity contribution >= 4 is 16.4 Å². The predicted molar refractivity (Wildman–Crippen MR) is 248 cm³/mol. The van der Waals surface area contributed by atoms with Gasteiger partial charge in [0.2, 0.25) is 0 Å². The van der Waals surface area contributed by atoms with Gasteiger partial charge in [-0.3, -0.25) is 9.35 Å². The topological polar surface area (TPSA) is 178 Å². The second-order valence-electron chi connectivity index (χ2n) is 17.8. The van der Waals surface area contributed by atoms with Crippen molar-refractivity contribution in [1.82, 2.24) is 0 Å². The smallest absolute Gasteiger partial charge is 0.397 e. The molecule has 1 rings (SSSR count). The molecular weight excluding hydrogens is 813 g/mol. The summed E-state index contributed by atoms with van der Waals surface area (Å²) < 4.78 is 59.2. The molecule has 0 aromatic heterocycles. The fourth-order valence-corrected chi connectivity index (χ4v) is 8.53. The fourth-order valence-electron chi connectivity index (χ4n) is 8.02. The van der Waals surface area contributed by atoms with Gasteiger partial charge in [-0.05, 0) is 38.5 Å². The third-order valence-corrected chi connectivity index (χ3v) is 12.4. The van der Waals surface area contributed by atoms with E-state index in [1.165, 1.54) is 161 Å². The largest absolute Gasteiger partial charge is 0.457 e. The Morgan fingerprint density at radius 1 is 0.597 bits per heavy atom. The lowest BCUT2D eigenvalue weighted by Crippen LogP contribution is -2.60. The second-order valence-corrected chi connectivity index (χ2v) is 18.8. The van der Waals surface area contributed by atoms with Crippen molar-refractivity contribution in [1.29, 1.82) is 0 Å². The van der Waals surface area contributed by atoms with E-state index in [2.05, 4.69) is 30.2 Å². The van der Waals surface area contributed by atoms with E-state index >= 15 is 0 Å². The molecular formula is C49H94O12S. The third kappa shape index (κ3) is 34.2. The summed E-state index contributed by atoms with van der Waals surface area (Å²) in [5, 5.41) is 30.7. The van der Waals surface area contributed by atoms with Crippen LogP contribution in [-0.2, 0) is 38.3 Å². The Balaban J connectivity index is 2.32. The number of carbonyl (C=O) groups excluding carboxylic acids is 1. The Hall–Kier alpha value is -1.16. The highest BCUT2D eigenvalue weighted by Gasteiger charge is 2.48. The molecule has 1 heterocycles. The molecule has 0 aromatic carbocycles. The van der Waals surface area contributed by atoms with Crippen molar-refractivity contribution < 1.29 is 56.2 Å². The van der Waals surface area contributed by atoms with Crippen molar-refractivity contribution in [2.24, 2.45) is 0 Å². The van der Waals surface area contributed by atoms with E-state index in [4.69, 9.17) is 18.9 Å². The first-order valence-electron chi connectivity index (χ1n) is 25.4. The summed E-state index contributed by atoms with van der Waals surface area (Å²) in [4.78, 5) is 12.9. The van der Waals surface area contributed by atoms with Crippen LogP contribution in [0.4, 0.5) is 0 Å². The first kappa shape index (κ1) is 58.9. The lowest BCUT2D eigenvalue weighted by molar-refractivity contribution is -0.301. The number of rotatable bonds is 45. The lowest BCUT2D eigenvalue weighted by atomic mass is 9.99. The van der Waals surface area contributed by atoms with Gasteiger partial charge in [-0.1, -0.05) is 199 Å². The molecule has 62 heavy (non-hydrogen) atoms. The molecule has 0 aliphatic carbocycles. The van der Waals surface area contributed by atoms with E-state index in [-0.39, 0.29) is 19.6 Å². The maximum Gasteiger partial charge on any atom is 0.397 e. The summed E-state index contributed by atoms with van der Waals surface area (Å²) in [5.41, 5.74) is 0. The SMILES string of the molecule is CCCCC/C=C\CCCCCCCCOCC(COC1OC(CO)C(O)C(OS(=O)(=O)O)C1O)OC(=O)CCCCCCCCCCCCCCCCCCCCCCCC. The predicted octanol–water partition coefficient (Wildman–Crippen LogP) is 11.4. The molecule has 12 nitrogen and oxygen atoms in total. The van der Waals surface area contributed by atoms with Crippen LogP contribution in [0.1, 0.15) is 232 Å². The molecule has 1 saturated heterocycles. The molecule has 0 spiro atoms. The van der Waals surface area contributed by atoms with E-state index in [0.717, 1.165) is 44.9 Å². The highest BCUT2D eigenvalue weighted by Crippen LogP contribution is 2.26. The molecule has 368 valence electrons. The van der Waals surface area contributed by atoms with E-state index in [1.54, 1.807) is 0 Å². The van der Waals surface area contributed by atoms with Crippen LogP contribution in [0.5, 0.6) is 0 Å². The van der Waals surface area contributed by atoms with Crippen LogP contribution in [0.2, 0.25) is 0 Å².